The Morgan fingerprint density at radius 2 is 1.90 bits per heavy atom. The number of nitrogens with two attached hydrogens (primary N) is 1. The summed E-state index contributed by atoms with van der Waals surface area (Å²) in [4.78, 5) is 0. The maximum absolute atomic E-state index is 10.6. The Kier molecular flexibility index (Phi) is 4.74. The summed E-state index contributed by atoms with van der Waals surface area (Å²) < 4.78 is 1.92. The predicted octanol–water partition coefficient (Wildman–Crippen LogP) is 4.92. The fourth-order valence-corrected chi connectivity index (χ4v) is 8.87. The van der Waals surface area contributed by atoms with E-state index in [1.165, 1.54) is 44.9 Å². The molecule has 0 aliphatic heterocycles. The normalized spacial score (nSPS) is 46.4. The number of anilines is 1. The SMILES string of the molecule is C[C@H](C1CC[C@H]2[C@@H]3CC[C@@H]4C[C@](C)(O)CC[C@@H]4[C@H]3CC[C@]12C)n1ncc(C#N)c1N. The van der Waals surface area contributed by atoms with E-state index in [4.69, 9.17) is 5.73 Å². The van der Waals surface area contributed by atoms with Crippen molar-refractivity contribution in [2.45, 2.75) is 90.2 Å². The summed E-state index contributed by atoms with van der Waals surface area (Å²) in [5.41, 5.74) is 6.66. The van der Waals surface area contributed by atoms with Crippen LogP contribution in [0.1, 0.15) is 90.2 Å². The van der Waals surface area contributed by atoms with Crippen molar-refractivity contribution in [3.63, 3.8) is 0 Å². The van der Waals surface area contributed by atoms with Gasteiger partial charge in [0.05, 0.1) is 17.8 Å². The Morgan fingerprint density at radius 3 is 2.63 bits per heavy atom. The minimum absolute atomic E-state index is 0.236. The number of nitrogens with zero attached hydrogens (tertiary/aromatic N) is 3. The summed E-state index contributed by atoms with van der Waals surface area (Å²) in [6.45, 7) is 6.86. The quantitative estimate of drug-likeness (QED) is 0.724. The molecule has 9 atom stereocenters. The summed E-state index contributed by atoms with van der Waals surface area (Å²) in [7, 11) is 0. The van der Waals surface area contributed by atoms with Gasteiger partial charge >= 0.3 is 0 Å². The van der Waals surface area contributed by atoms with Gasteiger partial charge in [0.1, 0.15) is 17.5 Å². The largest absolute Gasteiger partial charge is 0.390 e. The second kappa shape index (κ2) is 6.99. The van der Waals surface area contributed by atoms with Crippen LogP contribution in [0.4, 0.5) is 5.82 Å². The Morgan fingerprint density at radius 1 is 1.13 bits per heavy atom. The van der Waals surface area contributed by atoms with Crippen molar-refractivity contribution in [1.82, 2.24) is 9.78 Å². The molecule has 0 radical (unpaired) electrons. The highest BCUT2D eigenvalue weighted by molar-refractivity contribution is 5.47. The summed E-state index contributed by atoms with van der Waals surface area (Å²) >= 11 is 0. The molecule has 0 bridgehead atoms. The van der Waals surface area contributed by atoms with Gasteiger partial charge in [0.25, 0.3) is 0 Å². The van der Waals surface area contributed by atoms with Crippen molar-refractivity contribution in [2.24, 2.45) is 40.9 Å². The molecule has 4 fully saturated rings. The number of fused-ring (bicyclic) bond motifs is 5. The zero-order valence-corrected chi connectivity index (χ0v) is 18.8. The van der Waals surface area contributed by atoms with E-state index >= 15 is 0 Å². The third-order valence-electron chi connectivity index (χ3n) is 10.2. The number of nitrogen functional groups attached to an aromatic ring is 1. The van der Waals surface area contributed by atoms with Crippen LogP contribution < -0.4 is 5.73 Å². The molecule has 1 aromatic rings. The molecular formula is C25H38N4O. The molecule has 0 amide bonds. The summed E-state index contributed by atoms with van der Waals surface area (Å²) in [6, 6.07) is 2.41. The maximum atomic E-state index is 10.6. The Hall–Kier alpha value is -1.54. The second-order valence-electron chi connectivity index (χ2n) is 11.6. The molecule has 0 spiro atoms. The molecular weight excluding hydrogens is 372 g/mol. The van der Waals surface area contributed by atoms with Crippen LogP contribution in [0.25, 0.3) is 0 Å². The third kappa shape index (κ3) is 2.93. The number of nitriles is 1. The van der Waals surface area contributed by atoms with Crippen LogP contribution in [0, 0.1) is 52.3 Å². The average Bonchev–Trinajstić information content (AvgIpc) is 3.25. The van der Waals surface area contributed by atoms with E-state index in [-0.39, 0.29) is 6.04 Å². The van der Waals surface area contributed by atoms with Crippen molar-refractivity contribution < 1.29 is 5.11 Å². The molecule has 0 saturated heterocycles. The fraction of sp³-hybridized carbons (Fsp3) is 0.840. The standard InChI is InChI=1S/C25H38N4O/c1-15(29-23(27)17(13-26)14-28-29)21-6-7-22-20-5-4-16-12-24(2,30)10-8-18(16)19(20)9-11-25(21,22)3/h14-16,18-22,30H,4-12,27H2,1-3H3/t15-,16-,18+,19-,20-,21?,22+,24-,25-/m1/s1. The number of rotatable bonds is 2. The Bertz CT molecular complexity index is 854. The molecule has 1 unspecified atom stereocenters. The van der Waals surface area contributed by atoms with Gasteiger partial charge in [0.15, 0.2) is 0 Å². The Balaban J connectivity index is 1.37. The van der Waals surface area contributed by atoms with Crippen molar-refractivity contribution in [1.29, 1.82) is 5.26 Å². The minimum atomic E-state index is -0.433. The van der Waals surface area contributed by atoms with E-state index in [2.05, 4.69) is 31.9 Å². The van der Waals surface area contributed by atoms with E-state index < -0.39 is 5.60 Å². The minimum Gasteiger partial charge on any atom is -0.390 e. The first-order chi connectivity index (χ1) is 14.2. The van der Waals surface area contributed by atoms with E-state index in [0.29, 0.717) is 22.7 Å². The van der Waals surface area contributed by atoms with Crippen molar-refractivity contribution in [3.8, 4) is 6.07 Å². The molecule has 164 valence electrons. The van der Waals surface area contributed by atoms with E-state index in [9.17, 15) is 10.4 Å². The van der Waals surface area contributed by atoms with Gasteiger partial charge in [-0.05, 0) is 113 Å². The van der Waals surface area contributed by atoms with E-state index in [0.717, 1.165) is 42.4 Å². The van der Waals surface area contributed by atoms with Crippen LogP contribution in [-0.2, 0) is 0 Å². The fourth-order valence-electron chi connectivity index (χ4n) is 8.87. The van der Waals surface area contributed by atoms with Gasteiger partial charge in [-0.2, -0.15) is 10.4 Å². The van der Waals surface area contributed by atoms with Gasteiger partial charge in [0.2, 0.25) is 0 Å². The zero-order chi connectivity index (χ0) is 21.3. The first-order valence-corrected chi connectivity index (χ1v) is 12.2. The molecule has 3 N–H and O–H groups in total. The molecule has 4 aliphatic rings. The lowest BCUT2D eigenvalue weighted by Gasteiger charge is -2.57. The van der Waals surface area contributed by atoms with Crippen molar-refractivity contribution in [3.05, 3.63) is 11.8 Å². The van der Waals surface area contributed by atoms with Gasteiger partial charge in [-0.25, -0.2) is 4.68 Å². The van der Waals surface area contributed by atoms with Gasteiger partial charge in [-0.1, -0.05) is 6.92 Å². The lowest BCUT2D eigenvalue weighted by Crippen LogP contribution is -2.51. The highest BCUT2D eigenvalue weighted by Crippen LogP contribution is 2.66. The molecule has 5 nitrogen and oxygen atoms in total. The topological polar surface area (TPSA) is 87.9 Å². The summed E-state index contributed by atoms with van der Waals surface area (Å²) in [6.07, 6.45) is 12.7. The molecule has 5 heteroatoms. The van der Waals surface area contributed by atoms with Crippen LogP contribution >= 0.6 is 0 Å². The molecule has 1 aromatic heterocycles. The lowest BCUT2D eigenvalue weighted by atomic mass is 9.49. The highest BCUT2D eigenvalue weighted by Gasteiger charge is 2.58. The first kappa shape index (κ1) is 20.4. The molecule has 0 aromatic carbocycles. The average molecular weight is 411 g/mol. The number of aromatic nitrogens is 2. The van der Waals surface area contributed by atoms with Crippen molar-refractivity contribution >= 4 is 5.82 Å². The van der Waals surface area contributed by atoms with Gasteiger partial charge in [-0.3, -0.25) is 0 Å². The monoisotopic (exact) mass is 410 g/mol. The molecule has 4 aliphatic carbocycles. The van der Waals surface area contributed by atoms with Crippen molar-refractivity contribution in [2.75, 3.05) is 5.73 Å². The van der Waals surface area contributed by atoms with Crippen LogP contribution in [0.3, 0.4) is 0 Å². The Labute approximate surface area is 181 Å². The molecule has 5 rings (SSSR count). The molecule has 1 heterocycles. The molecule has 4 saturated carbocycles. The number of aliphatic hydroxyl groups is 1. The number of hydrogen-bond acceptors (Lipinski definition) is 4. The number of hydrogen-bond donors (Lipinski definition) is 2. The smallest absolute Gasteiger partial charge is 0.140 e. The first-order valence-electron chi connectivity index (χ1n) is 12.2. The van der Waals surface area contributed by atoms with Gasteiger partial charge in [0, 0.05) is 0 Å². The van der Waals surface area contributed by atoms with E-state index in [1.807, 2.05) is 4.68 Å². The predicted molar refractivity (Wildman–Crippen MR) is 117 cm³/mol. The third-order valence-corrected chi connectivity index (χ3v) is 10.2. The van der Waals surface area contributed by atoms with Crippen LogP contribution in [0.5, 0.6) is 0 Å². The maximum Gasteiger partial charge on any atom is 0.140 e. The van der Waals surface area contributed by atoms with E-state index in [1.54, 1.807) is 6.20 Å². The highest BCUT2D eigenvalue weighted by atomic mass is 16.3. The van der Waals surface area contributed by atoms with Crippen LogP contribution in [0.15, 0.2) is 6.20 Å². The van der Waals surface area contributed by atoms with Crippen LogP contribution in [0.2, 0.25) is 0 Å². The lowest BCUT2D eigenvalue weighted by molar-refractivity contribution is -0.102. The van der Waals surface area contributed by atoms with Gasteiger partial charge < -0.3 is 10.8 Å². The van der Waals surface area contributed by atoms with Gasteiger partial charge in [-0.15, -0.1) is 0 Å². The summed E-state index contributed by atoms with van der Waals surface area (Å²) in [5, 5.41) is 24.4. The second-order valence-corrected chi connectivity index (χ2v) is 11.6. The molecule has 30 heavy (non-hydrogen) atoms. The zero-order valence-electron chi connectivity index (χ0n) is 18.8. The van der Waals surface area contributed by atoms with Crippen LogP contribution in [-0.4, -0.2) is 20.5 Å². The summed E-state index contributed by atoms with van der Waals surface area (Å²) in [5.74, 6) is 5.21.